The van der Waals surface area contributed by atoms with Crippen LogP contribution in [0.15, 0.2) is 54.6 Å². The van der Waals surface area contributed by atoms with Gasteiger partial charge in [-0.1, -0.05) is 44.2 Å². The summed E-state index contributed by atoms with van der Waals surface area (Å²) >= 11 is 5.35. The largest absolute Gasteiger partial charge is 0.373 e. The molecule has 0 radical (unpaired) electrons. The molecule has 0 saturated heterocycles. The summed E-state index contributed by atoms with van der Waals surface area (Å²) in [4.78, 5) is 2.20. The first kappa shape index (κ1) is 17.3. The van der Waals surface area contributed by atoms with E-state index in [2.05, 4.69) is 72.8 Å². The quantitative estimate of drug-likeness (QED) is 0.776. The van der Waals surface area contributed by atoms with E-state index in [1.165, 1.54) is 11.3 Å². The van der Waals surface area contributed by atoms with Crippen LogP contribution in [0.1, 0.15) is 25.3 Å². The Balaban J connectivity index is 1.75. The second-order valence-electron chi connectivity index (χ2n) is 5.91. The molecule has 2 aromatic rings. The van der Waals surface area contributed by atoms with Crippen LogP contribution in [0.2, 0.25) is 0 Å². The van der Waals surface area contributed by atoms with E-state index in [1.54, 1.807) is 0 Å². The zero-order chi connectivity index (χ0) is 16.7. The standard InChI is InChI=1S/C19H25N3S/c1-15(2)16-9-11-17(12-10-16)21-19(23)20-13-14-22(3)18-7-5-4-6-8-18/h4-12,15H,13-14H2,1-3H3,(H2,20,21,23). The third kappa shape index (κ3) is 5.57. The number of rotatable bonds is 6. The summed E-state index contributed by atoms with van der Waals surface area (Å²) in [5.74, 6) is 0.544. The monoisotopic (exact) mass is 327 g/mol. The number of nitrogens with zero attached hydrogens (tertiary/aromatic N) is 1. The smallest absolute Gasteiger partial charge is 0.170 e. The summed E-state index contributed by atoms with van der Waals surface area (Å²) in [6, 6.07) is 18.7. The molecule has 4 heteroatoms. The molecule has 0 bridgehead atoms. The van der Waals surface area contributed by atoms with Gasteiger partial charge in [0.15, 0.2) is 5.11 Å². The van der Waals surface area contributed by atoms with Gasteiger partial charge in [0, 0.05) is 31.5 Å². The van der Waals surface area contributed by atoms with Crippen molar-refractivity contribution >= 4 is 28.7 Å². The Morgan fingerprint density at radius 2 is 1.70 bits per heavy atom. The molecule has 0 aliphatic heterocycles. The number of para-hydroxylation sites is 1. The summed E-state index contributed by atoms with van der Waals surface area (Å²) in [7, 11) is 2.08. The van der Waals surface area contributed by atoms with Crippen molar-refractivity contribution in [1.29, 1.82) is 0 Å². The van der Waals surface area contributed by atoms with E-state index in [-0.39, 0.29) is 0 Å². The topological polar surface area (TPSA) is 27.3 Å². The summed E-state index contributed by atoms with van der Waals surface area (Å²) in [6.07, 6.45) is 0. The van der Waals surface area contributed by atoms with Gasteiger partial charge in [-0.05, 0) is 48.0 Å². The Morgan fingerprint density at radius 3 is 2.30 bits per heavy atom. The Hall–Kier alpha value is -2.07. The molecule has 3 nitrogen and oxygen atoms in total. The van der Waals surface area contributed by atoms with Crippen LogP contribution in [0.25, 0.3) is 0 Å². The van der Waals surface area contributed by atoms with Gasteiger partial charge in [0.1, 0.15) is 0 Å². The van der Waals surface area contributed by atoms with Gasteiger partial charge in [0.2, 0.25) is 0 Å². The lowest BCUT2D eigenvalue weighted by Crippen LogP contribution is -2.35. The zero-order valence-electron chi connectivity index (χ0n) is 14.0. The normalized spacial score (nSPS) is 10.4. The van der Waals surface area contributed by atoms with Crippen molar-refractivity contribution in [3.8, 4) is 0 Å². The van der Waals surface area contributed by atoms with Gasteiger partial charge in [-0.2, -0.15) is 0 Å². The van der Waals surface area contributed by atoms with Crippen LogP contribution in [0.4, 0.5) is 11.4 Å². The maximum absolute atomic E-state index is 5.35. The Morgan fingerprint density at radius 1 is 1.04 bits per heavy atom. The molecule has 0 aliphatic carbocycles. The third-order valence-corrected chi connectivity index (χ3v) is 4.01. The molecule has 0 fully saturated rings. The lowest BCUT2D eigenvalue weighted by molar-refractivity contribution is 0.827. The molecule has 0 amide bonds. The average molecular weight is 327 g/mol. The zero-order valence-corrected chi connectivity index (χ0v) is 14.9. The molecule has 0 aliphatic rings. The van der Waals surface area contributed by atoms with E-state index in [9.17, 15) is 0 Å². The fraction of sp³-hybridized carbons (Fsp3) is 0.316. The molecule has 2 aromatic carbocycles. The van der Waals surface area contributed by atoms with Crippen molar-refractivity contribution < 1.29 is 0 Å². The lowest BCUT2D eigenvalue weighted by Gasteiger charge is -2.20. The maximum atomic E-state index is 5.35. The van der Waals surface area contributed by atoms with Gasteiger partial charge >= 0.3 is 0 Å². The molecular weight excluding hydrogens is 302 g/mol. The van der Waals surface area contributed by atoms with Crippen LogP contribution in [0.5, 0.6) is 0 Å². The van der Waals surface area contributed by atoms with Gasteiger partial charge < -0.3 is 15.5 Å². The van der Waals surface area contributed by atoms with Crippen molar-refractivity contribution in [2.75, 3.05) is 30.4 Å². The predicted octanol–water partition coefficient (Wildman–Crippen LogP) is 4.23. The van der Waals surface area contributed by atoms with Crippen LogP contribution in [0.3, 0.4) is 0 Å². The molecule has 0 spiro atoms. The first-order valence-electron chi connectivity index (χ1n) is 7.97. The lowest BCUT2D eigenvalue weighted by atomic mass is 10.0. The van der Waals surface area contributed by atoms with Crippen LogP contribution in [-0.2, 0) is 0 Å². The van der Waals surface area contributed by atoms with Gasteiger partial charge in [0.05, 0.1) is 0 Å². The SMILES string of the molecule is CC(C)c1ccc(NC(=S)NCCN(C)c2ccccc2)cc1. The number of nitrogens with one attached hydrogen (secondary N) is 2. The van der Waals surface area contributed by atoms with Crippen molar-refractivity contribution in [3.63, 3.8) is 0 Å². The molecule has 122 valence electrons. The van der Waals surface area contributed by atoms with Crippen molar-refractivity contribution in [1.82, 2.24) is 5.32 Å². The molecule has 0 atom stereocenters. The minimum atomic E-state index is 0.544. The average Bonchev–Trinajstić information content (AvgIpc) is 2.56. The molecule has 2 rings (SSSR count). The number of anilines is 2. The van der Waals surface area contributed by atoms with Gasteiger partial charge in [-0.25, -0.2) is 0 Å². The Labute approximate surface area is 144 Å². The van der Waals surface area contributed by atoms with Crippen LogP contribution < -0.4 is 15.5 Å². The Kier molecular flexibility index (Phi) is 6.41. The minimum Gasteiger partial charge on any atom is -0.373 e. The summed E-state index contributed by atoms with van der Waals surface area (Å²) in [6.45, 7) is 6.06. The van der Waals surface area contributed by atoms with Crippen LogP contribution in [0, 0.1) is 0 Å². The minimum absolute atomic E-state index is 0.544. The van der Waals surface area contributed by atoms with Crippen molar-refractivity contribution in [2.24, 2.45) is 0 Å². The van der Waals surface area contributed by atoms with Gasteiger partial charge in [-0.15, -0.1) is 0 Å². The molecule has 0 saturated carbocycles. The molecule has 23 heavy (non-hydrogen) atoms. The van der Waals surface area contributed by atoms with E-state index in [0.29, 0.717) is 11.0 Å². The van der Waals surface area contributed by atoms with Crippen molar-refractivity contribution in [3.05, 3.63) is 60.2 Å². The van der Waals surface area contributed by atoms with Gasteiger partial charge in [-0.3, -0.25) is 0 Å². The molecule has 0 aromatic heterocycles. The number of hydrogen-bond acceptors (Lipinski definition) is 2. The fourth-order valence-corrected chi connectivity index (χ4v) is 2.50. The highest BCUT2D eigenvalue weighted by Gasteiger charge is 2.02. The summed E-state index contributed by atoms with van der Waals surface area (Å²) < 4.78 is 0. The third-order valence-electron chi connectivity index (χ3n) is 3.76. The number of benzene rings is 2. The number of hydrogen-bond donors (Lipinski definition) is 2. The maximum Gasteiger partial charge on any atom is 0.170 e. The number of thiocarbonyl (C=S) groups is 1. The highest BCUT2D eigenvalue weighted by atomic mass is 32.1. The second-order valence-corrected chi connectivity index (χ2v) is 6.32. The summed E-state index contributed by atoms with van der Waals surface area (Å²) in [5, 5.41) is 7.13. The van der Waals surface area contributed by atoms with E-state index >= 15 is 0 Å². The van der Waals surface area contributed by atoms with Crippen molar-refractivity contribution in [2.45, 2.75) is 19.8 Å². The molecule has 2 N–H and O–H groups in total. The summed E-state index contributed by atoms with van der Waals surface area (Å²) in [5.41, 5.74) is 3.56. The van der Waals surface area contributed by atoms with Crippen LogP contribution in [-0.4, -0.2) is 25.2 Å². The first-order valence-corrected chi connectivity index (χ1v) is 8.38. The second kappa shape index (κ2) is 8.53. The highest BCUT2D eigenvalue weighted by molar-refractivity contribution is 7.80. The molecule has 0 heterocycles. The number of likely N-dealkylation sites (N-methyl/N-ethyl adjacent to an activating group) is 1. The molecular formula is C19H25N3S. The van der Waals surface area contributed by atoms with E-state index in [4.69, 9.17) is 12.2 Å². The van der Waals surface area contributed by atoms with E-state index < -0.39 is 0 Å². The highest BCUT2D eigenvalue weighted by Crippen LogP contribution is 2.17. The van der Waals surface area contributed by atoms with Crippen LogP contribution >= 0.6 is 12.2 Å². The predicted molar refractivity (Wildman–Crippen MR) is 104 cm³/mol. The Bertz CT molecular complexity index is 608. The van der Waals surface area contributed by atoms with Gasteiger partial charge in [0.25, 0.3) is 0 Å². The van der Waals surface area contributed by atoms with E-state index in [1.807, 2.05) is 18.2 Å². The fourth-order valence-electron chi connectivity index (χ4n) is 2.28. The molecule has 0 unspecified atom stereocenters. The van der Waals surface area contributed by atoms with E-state index in [0.717, 1.165) is 18.8 Å². The first-order chi connectivity index (χ1) is 11.1.